The fourth-order valence-corrected chi connectivity index (χ4v) is 3.50. The quantitative estimate of drug-likeness (QED) is 0.832. The summed E-state index contributed by atoms with van der Waals surface area (Å²) in [6.45, 7) is 2.29. The van der Waals surface area contributed by atoms with Crippen molar-refractivity contribution in [2.24, 2.45) is 11.7 Å². The Bertz CT molecular complexity index is 293. The van der Waals surface area contributed by atoms with E-state index in [1.165, 1.54) is 37.7 Å². The molecule has 1 aliphatic rings. The molecule has 0 amide bonds. The molecule has 1 fully saturated rings. The molecule has 1 aromatic heterocycles. The zero-order valence-electron chi connectivity index (χ0n) is 9.54. The molecule has 0 bridgehead atoms. The van der Waals surface area contributed by atoms with Crippen LogP contribution in [0.5, 0.6) is 0 Å². The van der Waals surface area contributed by atoms with Crippen LogP contribution in [-0.4, -0.2) is 5.54 Å². The van der Waals surface area contributed by atoms with Gasteiger partial charge < -0.3 is 5.73 Å². The Morgan fingerprint density at radius 2 is 2.47 bits per heavy atom. The van der Waals surface area contributed by atoms with Crippen molar-refractivity contribution >= 4 is 11.3 Å². The van der Waals surface area contributed by atoms with Gasteiger partial charge in [-0.2, -0.15) is 11.3 Å². The summed E-state index contributed by atoms with van der Waals surface area (Å²) in [5.74, 6) is 0.863. The van der Waals surface area contributed by atoms with E-state index in [1.807, 2.05) is 0 Å². The first-order valence-electron chi connectivity index (χ1n) is 6.02. The lowest BCUT2D eigenvalue weighted by Crippen LogP contribution is -2.46. The average molecular weight is 223 g/mol. The van der Waals surface area contributed by atoms with E-state index in [4.69, 9.17) is 5.73 Å². The van der Waals surface area contributed by atoms with Crippen molar-refractivity contribution in [2.75, 3.05) is 0 Å². The Morgan fingerprint density at radius 3 is 3.13 bits per heavy atom. The van der Waals surface area contributed by atoms with Crippen LogP contribution in [0.4, 0.5) is 0 Å². The maximum Gasteiger partial charge on any atom is 0.0198 e. The lowest BCUT2D eigenvalue weighted by Gasteiger charge is -2.37. The molecule has 2 atom stereocenters. The molecule has 0 spiro atoms. The minimum absolute atomic E-state index is 0.0833. The number of hydrogen-bond acceptors (Lipinski definition) is 2. The first kappa shape index (κ1) is 11.2. The van der Waals surface area contributed by atoms with Gasteiger partial charge in [0.2, 0.25) is 0 Å². The molecular weight excluding hydrogens is 202 g/mol. The Balaban J connectivity index is 1.99. The minimum atomic E-state index is 0.0833. The van der Waals surface area contributed by atoms with Gasteiger partial charge in [-0.3, -0.25) is 0 Å². The van der Waals surface area contributed by atoms with Gasteiger partial charge in [-0.25, -0.2) is 0 Å². The topological polar surface area (TPSA) is 26.0 Å². The lowest BCUT2D eigenvalue weighted by atomic mass is 9.73. The summed E-state index contributed by atoms with van der Waals surface area (Å²) in [7, 11) is 0. The van der Waals surface area contributed by atoms with Crippen molar-refractivity contribution < 1.29 is 0 Å². The molecule has 0 saturated heterocycles. The third kappa shape index (κ3) is 2.82. The van der Waals surface area contributed by atoms with E-state index in [-0.39, 0.29) is 5.54 Å². The summed E-state index contributed by atoms with van der Waals surface area (Å²) in [5, 5.41) is 4.39. The highest BCUT2D eigenvalue weighted by atomic mass is 32.1. The Hall–Kier alpha value is -0.340. The SMILES string of the molecule is CCC1CCCC(N)(Cc2ccsc2)C1. The van der Waals surface area contributed by atoms with Crippen LogP contribution in [0.1, 0.15) is 44.6 Å². The zero-order valence-corrected chi connectivity index (χ0v) is 10.4. The molecular formula is C13H21NS. The molecule has 0 aliphatic heterocycles. The average Bonchev–Trinajstić information content (AvgIpc) is 2.69. The summed E-state index contributed by atoms with van der Waals surface area (Å²) in [6, 6.07) is 2.22. The predicted octanol–water partition coefficient (Wildman–Crippen LogP) is 3.59. The third-order valence-electron chi connectivity index (χ3n) is 3.70. The van der Waals surface area contributed by atoms with Crippen LogP contribution in [0, 0.1) is 5.92 Å². The molecule has 1 heterocycles. The second-order valence-electron chi connectivity index (χ2n) is 5.04. The molecule has 2 unspecified atom stereocenters. The van der Waals surface area contributed by atoms with Crippen molar-refractivity contribution in [2.45, 2.75) is 51.0 Å². The third-order valence-corrected chi connectivity index (χ3v) is 4.43. The van der Waals surface area contributed by atoms with Crippen LogP contribution < -0.4 is 5.73 Å². The van der Waals surface area contributed by atoms with Crippen LogP contribution in [0.15, 0.2) is 16.8 Å². The molecule has 0 aromatic carbocycles. The zero-order chi connectivity index (χ0) is 10.7. The maximum atomic E-state index is 6.52. The normalized spacial score (nSPS) is 31.7. The molecule has 1 aliphatic carbocycles. The van der Waals surface area contributed by atoms with Gasteiger partial charge in [0, 0.05) is 5.54 Å². The van der Waals surface area contributed by atoms with Gasteiger partial charge in [0.05, 0.1) is 0 Å². The van der Waals surface area contributed by atoms with Crippen molar-refractivity contribution in [1.29, 1.82) is 0 Å². The van der Waals surface area contributed by atoms with Crippen LogP contribution >= 0.6 is 11.3 Å². The van der Waals surface area contributed by atoms with Crippen molar-refractivity contribution in [3.8, 4) is 0 Å². The van der Waals surface area contributed by atoms with Crippen molar-refractivity contribution in [3.05, 3.63) is 22.4 Å². The summed E-state index contributed by atoms with van der Waals surface area (Å²) in [6.07, 6.45) is 7.51. The predicted molar refractivity (Wildman–Crippen MR) is 67.2 cm³/mol. The van der Waals surface area contributed by atoms with Crippen molar-refractivity contribution in [1.82, 2.24) is 0 Å². The number of thiophene rings is 1. The van der Waals surface area contributed by atoms with E-state index in [0.717, 1.165) is 12.3 Å². The van der Waals surface area contributed by atoms with E-state index >= 15 is 0 Å². The Labute approximate surface area is 96.7 Å². The molecule has 1 saturated carbocycles. The molecule has 0 radical (unpaired) electrons. The summed E-state index contributed by atoms with van der Waals surface area (Å²) in [4.78, 5) is 0. The smallest absolute Gasteiger partial charge is 0.0198 e. The second kappa shape index (κ2) is 4.67. The molecule has 2 rings (SSSR count). The molecule has 1 aromatic rings. The van der Waals surface area contributed by atoms with Gasteiger partial charge in [0.25, 0.3) is 0 Å². The summed E-state index contributed by atoms with van der Waals surface area (Å²) in [5.41, 5.74) is 8.03. The van der Waals surface area contributed by atoms with Crippen LogP contribution in [0.2, 0.25) is 0 Å². The lowest BCUT2D eigenvalue weighted by molar-refractivity contribution is 0.218. The Morgan fingerprint density at radius 1 is 1.60 bits per heavy atom. The van der Waals surface area contributed by atoms with Crippen LogP contribution in [0.3, 0.4) is 0 Å². The number of rotatable bonds is 3. The molecule has 15 heavy (non-hydrogen) atoms. The minimum Gasteiger partial charge on any atom is -0.325 e. The van der Waals surface area contributed by atoms with Gasteiger partial charge >= 0.3 is 0 Å². The van der Waals surface area contributed by atoms with E-state index in [1.54, 1.807) is 11.3 Å². The highest BCUT2D eigenvalue weighted by Gasteiger charge is 2.32. The highest BCUT2D eigenvalue weighted by Crippen LogP contribution is 2.34. The van der Waals surface area contributed by atoms with E-state index in [9.17, 15) is 0 Å². The first-order chi connectivity index (χ1) is 7.22. The van der Waals surface area contributed by atoms with E-state index < -0.39 is 0 Å². The van der Waals surface area contributed by atoms with Gasteiger partial charge in [-0.15, -0.1) is 0 Å². The molecule has 1 nitrogen and oxygen atoms in total. The number of nitrogens with two attached hydrogens (primary N) is 1. The standard InChI is InChI=1S/C13H21NS/c1-2-11-4-3-6-13(14,8-11)9-12-5-7-15-10-12/h5,7,10-11H,2-4,6,8-9,14H2,1H3. The number of hydrogen-bond donors (Lipinski definition) is 1. The van der Waals surface area contributed by atoms with E-state index in [0.29, 0.717) is 0 Å². The largest absolute Gasteiger partial charge is 0.325 e. The molecule has 2 N–H and O–H groups in total. The fourth-order valence-electron chi connectivity index (χ4n) is 2.83. The summed E-state index contributed by atoms with van der Waals surface area (Å²) < 4.78 is 0. The van der Waals surface area contributed by atoms with Gasteiger partial charge in [-0.1, -0.05) is 26.2 Å². The van der Waals surface area contributed by atoms with Gasteiger partial charge in [0.1, 0.15) is 0 Å². The highest BCUT2D eigenvalue weighted by molar-refractivity contribution is 7.07. The van der Waals surface area contributed by atoms with Crippen LogP contribution in [0.25, 0.3) is 0 Å². The van der Waals surface area contributed by atoms with Gasteiger partial charge in [-0.05, 0) is 47.6 Å². The van der Waals surface area contributed by atoms with Gasteiger partial charge in [0.15, 0.2) is 0 Å². The first-order valence-corrected chi connectivity index (χ1v) is 6.96. The van der Waals surface area contributed by atoms with E-state index in [2.05, 4.69) is 23.8 Å². The molecule has 84 valence electrons. The van der Waals surface area contributed by atoms with Crippen molar-refractivity contribution in [3.63, 3.8) is 0 Å². The summed E-state index contributed by atoms with van der Waals surface area (Å²) >= 11 is 1.78. The van der Waals surface area contributed by atoms with Crippen LogP contribution in [-0.2, 0) is 6.42 Å². The Kier molecular flexibility index (Phi) is 3.47. The maximum absolute atomic E-state index is 6.52. The second-order valence-corrected chi connectivity index (χ2v) is 5.82. The molecule has 2 heteroatoms. The monoisotopic (exact) mass is 223 g/mol. The fraction of sp³-hybridized carbons (Fsp3) is 0.692.